The van der Waals surface area contributed by atoms with E-state index >= 15 is 0 Å². The summed E-state index contributed by atoms with van der Waals surface area (Å²) in [5.41, 5.74) is 0.0248. The number of aromatic hydroxyl groups is 1. The maximum Gasteiger partial charge on any atom is 0.258 e. The molecule has 1 aliphatic heterocycles. The van der Waals surface area contributed by atoms with Crippen LogP contribution in [0.3, 0.4) is 0 Å². The third-order valence-corrected chi connectivity index (χ3v) is 2.89. The van der Waals surface area contributed by atoms with E-state index in [4.69, 9.17) is 4.74 Å². The predicted octanol–water partition coefficient (Wildman–Crippen LogP) is 0.365. The molecule has 0 saturated carbocycles. The van der Waals surface area contributed by atoms with Gasteiger partial charge in [-0.2, -0.15) is 0 Å². The van der Waals surface area contributed by atoms with E-state index in [1.165, 1.54) is 11.0 Å². The van der Waals surface area contributed by atoms with Crippen LogP contribution in [0.5, 0.6) is 5.75 Å². The minimum absolute atomic E-state index is 0.0248. The SMILES string of the molecule is O=C(c1ccc(F)cc1O)N1CCOCC1CO. The molecule has 0 aliphatic carbocycles. The van der Waals surface area contributed by atoms with Gasteiger partial charge in [-0.15, -0.1) is 0 Å². The van der Waals surface area contributed by atoms with E-state index in [-0.39, 0.29) is 18.8 Å². The van der Waals surface area contributed by atoms with Gasteiger partial charge < -0.3 is 19.8 Å². The Labute approximate surface area is 103 Å². The first kappa shape index (κ1) is 12.8. The fourth-order valence-corrected chi connectivity index (χ4v) is 1.91. The van der Waals surface area contributed by atoms with Crippen molar-refractivity contribution in [3.05, 3.63) is 29.6 Å². The first-order valence-electron chi connectivity index (χ1n) is 5.61. The molecule has 18 heavy (non-hydrogen) atoms. The van der Waals surface area contributed by atoms with Crippen molar-refractivity contribution in [3.8, 4) is 5.75 Å². The number of halogens is 1. The average Bonchev–Trinajstić information content (AvgIpc) is 2.38. The van der Waals surface area contributed by atoms with Crippen LogP contribution in [0.2, 0.25) is 0 Å². The molecule has 2 rings (SSSR count). The molecule has 1 aliphatic rings. The number of benzene rings is 1. The summed E-state index contributed by atoms with van der Waals surface area (Å²) in [7, 11) is 0. The van der Waals surface area contributed by atoms with Crippen LogP contribution in [0.4, 0.5) is 4.39 Å². The van der Waals surface area contributed by atoms with Gasteiger partial charge in [0.2, 0.25) is 0 Å². The monoisotopic (exact) mass is 255 g/mol. The van der Waals surface area contributed by atoms with Crippen molar-refractivity contribution in [2.45, 2.75) is 6.04 Å². The highest BCUT2D eigenvalue weighted by atomic mass is 19.1. The largest absolute Gasteiger partial charge is 0.507 e. The number of rotatable bonds is 2. The van der Waals surface area contributed by atoms with Gasteiger partial charge in [0, 0.05) is 12.6 Å². The standard InChI is InChI=1S/C12H14FNO4/c13-8-1-2-10(11(16)5-8)12(17)14-3-4-18-7-9(14)6-15/h1-2,5,9,15-16H,3-4,6-7H2. The summed E-state index contributed by atoms with van der Waals surface area (Å²) in [4.78, 5) is 13.6. The Morgan fingerprint density at radius 2 is 2.33 bits per heavy atom. The smallest absolute Gasteiger partial charge is 0.258 e. The molecular formula is C12H14FNO4. The van der Waals surface area contributed by atoms with E-state index in [0.29, 0.717) is 13.2 Å². The minimum Gasteiger partial charge on any atom is -0.507 e. The van der Waals surface area contributed by atoms with Crippen LogP contribution in [0.1, 0.15) is 10.4 Å². The summed E-state index contributed by atoms with van der Waals surface area (Å²) in [6.07, 6.45) is 0. The Morgan fingerprint density at radius 3 is 3.00 bits per heavy atom. The molecule has 1 fully saturated rings. The molecule has 5 nitrogen and oxygen atoms in total. The summed E-state index contributed by atoms with van der Waals surface area (Å²) in [6, 6.07) is 2.80. The number of carbonyl (C=O) groups excluding carboxylic acids is 1. The molecule has 1 atom stereocenters. The third-order valence-electron chi connectivity index (χ3n) is 2.89. The number of aliphatic hydroxyl groups excluding tert-OH is 1. The maximum atomic E-state index is 12.9. The summed E-state index contributed by atoms with van der Waals surface area (Å²) in [5.74, 6) is -1.44. The molecule has 2 N–H and O–H groups in total. The zero-order valence-electron chi connectivity index (χ0n) is 9.67. The molecule has 1 aromatic rings. The molecule has 98 valence electrons. The second-order valence-corrected chi connectivity index (χ2v) is 4.07. The van der Waals surface area contributed by atoms with Crippen molar-refractivity contribution in [2.75, 3.05) is 26.4 Å². The molecule has 0 aromatic heterocycles. The number of nitrogens with zero attached hydrogens (tertiary/aromatic N) is 1. The third kappa shape index (κ3) is 2.44. The number of ether oxygens (including phenoxy) is 1. The molecule has 1 heterocycles. The Morgan fingerprint density at radius 1 is 1.56 bits per heavy atom. The lowest BCUT2D eigenvalue weighted by molar-refractivity contribution is -0.0185. The first-order chi connectivity index (χ1) is 8.63. The highest BCUT2D eigenvalue weighted by Gasteiger charge is 2.28. The van der Waals surface area contributed by atoms with Gasteiger partial charge in [0.1, 0.15) is 11.6 Å². The van der Waals surface area contributed by atoms with E-state index in [1.807, 2.05) is 0 Å². The summed E-state index contributed by atoms with van der Waals surface area (Å²) in [5, 5.41) is 18.7. The minimum atomic E-state index is -0.607. The zero-order chi connectivity index (χ0) is 13.1. The Hall–Kier alpha value is -1.66. The molecule has 1 unspecified atom stereocenters. The number of phenols is 1. The van der Waals surface area contributed by atoms with Crippen molar-refractivity contribution in [3.63, 3.8) is 0 Å². The van der Waals surface area contributed by atoms with Crippen molar-refractivity contribution in [1.82, 2.24) is 4.90 Å². The van der Waals surface area contributed by atoms with Gasteiger partial charge in [-0.1, -0.05) is 0 Å². The normalized spacial score (nSPS) is 19.9. The number of aliphatic hydroxyl groups is 1. The van der Waals surface area contributed by atoms with Crippen molar-refractivity contribution in [1.29, 1.82) is 0 Å². The summed E-state index contributed by atoms with van der Waals surface area (Å²) >= 11 is 0. The fraction of sp³-hybridized carbons (Fsp3) is 0.417. The van der Waals surface area contributed by atoms with Gasteiger partial charge in [-0.3, -0.25) is 4.79 Å². The average molecular weight is 255 g/mol. The second-order valence-electron chi connectivity index (χ2n) is 4.07. The van der Waals surface area contributed by atoms with E-state index in [0.717, 1.165) is 12.1 Å². The lowest BCUT2D eigenvalue weighted by Crippen LogP contribution is -2.50. The van der Waals surface area contributed by atoms with E-state index in [9.17, 15) is 19.4 Å². The van der Waals surface area contributed by atoms with Crippen molar-refractivity contribution < 1.29 is 24.1 Å². The highest BCUT2D eigenvalue weighted by Crippen LogP contribution is 2.21. The van der Waals surface area contributed by atoms with Gasteiger partial charge in [0.25, 0.3) is 5.91 Å². The van der Waals surface area contributed by atoms with Crippen LogP contribution < -0.4 is 0 Å². The van der Waals surface area contributed by atoms with Crippen LogP contribution in [0.15, 0.2) is 18.2 Å². The number of amides is 1. The number of morpholine rings is 1. The van der Waals surface area contributed by atoms with Gasteiger partial charge in [0.15, 0.2) is 0 Å². The highest BCUT2D eigenvalue weighted by molar-refractivity contribution is 5.97. The summed E-state index contributed by atoms with van der Waals surface area (Å²) in [6.45, 7) is 0.753. The van der Waals surface area contributed by atoms with Crippen molar-refractivity contribution in [2.24, 2.45) is 0 Å². The molecule has 6 heteroatoms. The van der Waals surface area contributed by atoms with Gasteiger partial charge in [-0.25, -0.2) is 4.39 Å². The van der Waals surface area contributed by atoms with Gasteiger partial charge in [0.05, 0.1) is 31.4 Å². The number of carbonyl (C=O) groups is 1. The summed E-state index contributed by atoms with van der Waals surface area (Å²) < 4.78 is 18.0. The number of hydrogen-bond acceptors (Lipinski definition) is 4. The van der Waals surface area contributed by atoms with Crippen LogP contribution in [-0.4, -0.2) is 53.4 Å². The lowest BCUT2D eigenvalue weighted by atomic mass is 10.1. The fourth-order valence-electron chi connectivity index (χ4n) is 1.91. The van der Waals surface area contributed by atoms with Crippen LogP contribution in [-0.2, 0) is 4.74 Å². The Balaban J connectivity index is 2.24. The molecule has 0 spiro atoms. The first-order valence-corrected chi connectivity index (χ1v) is 5.61. The molecule has 0 bridgehead atoms. The Kier molecular flexibility index (Phi) is 3.78. The van der Waals surface area contributed by atoms with E-state index in [1.54, 1.807) is 0 Å². The maximum absolute atomic E-state index is 12.9. The van der Waals surface area contributed by atoms with Gasteiger partial charge in [-0.05, 0) is 12.1 Å². The van der Waals surface area contributed by atoms with E-state index < -0.39 is 23.5 Å². The van der Waals surface area contributed by atoms with Crippen LogP contribution in [0.25, 0.3) is 0 Å². The lowest BCUT2D eigenvalue weighted by Gasteiger charge is -2.34. The van der Waals surface area contributed by atoms with Crippen molar-refractivity contribution >= 4 is 5.91 Å². The van der Waals surface area contributed by atoms with Crippen LogP contribution >= 0.6 is 0 Å². The number of hydrogen-bond donors (Lipinski definition) is 2. The molecule has 1 amide bonds. The second kappa shape index (κ2) is 5.32. The molecular weight excluding hydrogens is 241 g/mol. The zero-order valence-corrected chi connectivity index (χ0v) is 9.67. The predicted molar refractivity (Wildman–Crippen MR) is 60.8 cm³/mol. The number of phenolic OH excluding ortho intramolecular Hbond substituents is 1. The van der Waals surface area contributed by atoms with Crippen LogP contribution in [0, 0.1) is 5.82 Å². The van der Waals surface area contributed by atoms with E-state index in [2.05, 4.69) is 0 Å². The molecule has 1 saturated heterocycles. The topological polar surface area (TPSA) is 70.0 Å². The Bertz CT molecular complexity index is 452. The van der Waals surface area contributed by atoms with Gasteiger partial charge >= 0.3 is 0 Å². The molecule has 1 aromatic carbocycles. The quantitative estimate of drug-likeness (QED) is 0.800. The molecule has 0 radical (unpaired) electrons.